The summed E-state index contributed by atoms with van der Waals surface area (Å²) in [5, 5.41) is 3.77. The number of hydrogen-bond donors (Lipinski definition) is 1. The molecule has 2 unspecified atom stereocenters. The summed E-state index contributed by atoms with van der Waals surface area (Å²) in [7, 11) is 2.26. The summed E-state index contributed by atoms with van der Waals surface area (Å²) in [6, 6.07) is 1.28. The van der Waals surface area contributed by atoms with Crippen LogP contribution in [0.2, 0.25) is 0 Å². The minimum atomic E-state index is 0.394. The third-order valence-electron chi connectivity index (χ3n) is 3.71. The molecular formula is C14H30N2. The van der Waals surface area contributed by atoms with Crippen molar-refractivity contribution in [2.24, 2.45) is 11.3 Å². The predicted octanol–water partition coefficient (Wildman–Crippen LogP) is 2.74. The molecule has 1 rings (SSSR count). The Morgan fingerprint density at radius 2 is 1.88 bits per heavy atom. The van der Waals surface area contributed by atoms with Gasteiger partial charge in [-0.05, 0) is 37.8 Å². The fourth-order valence-electron chi connectivity index (χ4n) is 2.84. The Labute approximate surface area is 102 Å². The van der Waals surface area contributed by atoms with Crippen LogP contribution in [0.5, 0.6) is 0 Å². The lowest BCUT2D eigenvalue weighted by Crippen LogP contribution is -2.47. The zero-order valence-electron chi connectivity index (χ0n) is 12.0. The predicted molar refractivity (Wildman–Crippen MR) is 71.7 cm³/mol. The summed E-state index contributed by atoms with van der Waals surface area (Å²) in [5.74, 6) is 0.752. The maximum atomic E-state index is 3.77. The molecule has 0 amide bonds. The van der Waals surface area contributed by atoms with Crippen molar-refractivity contribution >= 4 is 0 Å². The fourth-order valence-corrected chi connectivity index (χ4v) is 2.84. The first-order chi connectivity index (χ1) is 7.30. The van der Waals surface area contributed by atoms with E-state index in [1.165, 1.54) is 25.9 Å². The topological polar surface area (TPSA) is 15.3 Å². The van der Waals surface area contributed by atoms with Crippen molar-refractivity contribution in [3.05, 3.63) is 0 Å². The van der Waals surface area contributed by atoms with Gasteiger partial charge < -0.3 is 10.2 Å². The number of nitrogens with one attached hydrogen (secondary N) is 1. The largest absolute Gasteiger partial charge is 0.311 e. The van der Waals surface area contributed by atoms with Gasteiger partial charge in [0.2, 0.25) is 0 Å². The van der Waals surface area contributed by atoms with E-state index in [0.29, 0.717) is 17.5 Å². The van der Waals surface area contributed by atoms with Crippen molar-refractivity contribution in [1.29, 1.82) is 0 Å². The molecule has 0 aromatic rings. The van der Waals surface area contributed by atoms with E-state index in [9.17, 15) is 0 Å². The highest BCUT2D eigenvalue weighted by atomic mass is 15.1. The fraction of sp³-hybridized carbons (Fsp3) is 1.00. The molecule has 96 valence electrons. The summed E-state index contributed by atoms with van der Waals surface area (Å²) < 4.78 is 0. The second-order valence-electron chi connectivity index (χ2n) is 6.80. The van der Waals surface area contributed by atoms with Gasteiger partial charge in [0.25, 0.3) is 0 Å². The molecule has 0 aliphatic carbocycles. The maximum Gasteiger partial charge on any atom is 0.0115 e. The summed E-state index contributed by atoms with van der Waals surface area (Å²) in [6.07, 6.45) is 2.65. The van der Waals surface area contributed by atoms with Gasteiger partial charge in [0, 0.05) is 18.6 Å². The zero-order valence-corrected chi connectivity index (χ0v) is 12.0. The number of nitrogens with zero attached hydrogens (tertiary/aromatic N) is 1. The first-order valence-electron chi connectivity index (χ1n) is 6.75. The maximum absolute atomic E-state index is 3.77. The van der Waals surface area contributed by atoms with Crippen molar-refractivity contribution in [3.63, 3.8) is 0 Å². The SMILES string of the molecule is CC(C)NC1CCCN(C)CC1C(C)(C)C. The van der Waals surface area contributed by atoms with Crippen LogP contribution < -0.4 is 5.32 Å². The first-order valence-corrected chi connectivity index (χ1v) is 6.75. The molecule has 1 aliphatic rings. The van der Waals surface area contributed by atoms with E-state index in [2.05, 4.69) is 51.9 Å². The lowest BCUT2D eigenvalue weighted by Gasteiger charge is -2.38. The van der Waals surface area contributed by atoms with Gasteiger partial charge in [-0.25, -0.2) is 0 Å². The monoisotopic (exact) mass is 226 g/mol. The molecular weight excluding hydrogens is 196 g/mol. The van der Waals surface area contributed by atoms with Crippen LogP contribution in [-0.4, -0.2) is 37.1 Å². The number of hydrogen-bond acceptors (Lipinski definition) is 2. The number of likely N-dealkylation sites (tertiary alicyclic amines) is 1. The molecule has 1 aliphatic heterocycles. The smallest absolute Gasteiger partial charge is 0.0115 e. The van der Waals surface area contributed by atoms with Crippen molar-refractivity contribution in [2.75, 3.05) is 20.1 Å². The molecule has 2 heteroatoms. The van der Waals surface area contributed by atoms with E-state index < -0.39 is 0 Å². The average molecular weight is 226 g/mol. The number of rotatable bonds is 2. The highest BCUT2D eigenvalue weighted by Gasteiger charge is 2.34. The Bertz CT molecular complexity index is 205. The van der Waals surface area contributed by atoms with E-state index in [1.54, 1.807) is 0 Å². The van der Waals surface area contributed by atoms with Gasteiger partial charge in [0.1, 0.15) is 0 Å². The molecule has 1 heterocycles. The van der Waals surface area contributed by atoms with Crippen LogP contribution in [0.15, 0.2) is 0 Å². The van der Waals surface area contributed by atoms with Crippen LogP contribution in [0.3, 0.4) is 0 Å². The Morgan fingerprint density at radius 1 is 1.25 bits per heavy atom. The molecule has 1 fully saturated rings. The Balaban J connectivity index is 2.75. The zero-order chi connectivity index (χ0) is 12.3. The Hall–Kier alpha value is -0.0800. The first kappa shape index (κ1) is 14.0. The van der Waals surface area contributed by atoms with Gasteiger partial charge in [0.15, 0.2) is 0 Å². The van der Waals surface area contributed by atoms with E-state index in [-0.39, 0.29) is 0 Å². The van der Waals surface area contributed by atoms with Crippen LogP contribution in [0.4, 0.5) is 0 Å². The molecule has 0 aromatic heterocycles. The van der Waals surface area contributed by atoms with E-state index in [4.69, 9.17) is 0 Å². The second kappa shape index (κ2) is 5.50. The molecule has 16 heavy (non-hydrogen) atoms. The summed E-state index contributed by atoms with van der Waals surface area (Å²) >= 11 is 0. The standard InChI is InChI=1S/C14H30N2/c1-11(2)15-13-8-7-9-16(6)10-12(13)14(3,4)5/h11-13,15H,7-10H2,1-6H3. The Kier molecular flexibility index (Phi) is 4.81. The van der Waals surface area contributed by atoms with Gasteiger partial charge in [-0.1, -0.05) is 34.6 Å². The average Bonchev–Trinajstić information content (AvgIpc) is 2.26. The van der Waals surface area contributed by atoms with Gasteiger partial charge in [0.05, 0.1) is 0 Å². The van der Waals surface area contributed by atoms with Crippen LogP contribution >= 0.6 is 0 Å². The molecule has 2 nitrogen and oxygen atoms in total. The van der Waals surface area contributed by atoms with Crippen molar-refractivity contribution in [1.82, 2.24) is 10.2 Å². The summed E-state index contributed by atoms with van der Waals surface area (Å²) in [5.41, 5.74) is 0.394. The molecule has 2 atom stereocenters. The van der Waals surface area contributed by atoms with Crippen molar-refractivity contribution in [3.8, 4) is 0 Å². The molecule has 0 radical (unpaired) electrons. The van der Waals surface area contributed by atoms with Crippen LogP contribution in [0, 0.1) is 11.3 Å². The quantitative estimate of drug-likeness (QED) is 0.779. The normalized spacial score (nSPS) is 29.4. The molecule has 1 saturated heterocycles. The van der Waals surface area contributed by atoms with E-state index in [1.807, 2.05) is 0 Å². The molecule has 1 N–H and O–H groups in total. The van der Waals surface area contributed by atoms with Gasteiger partial charge in [-0.2, -0.15) is 0 Å². The lowest BCUT2D eigenvalue weighted by atomic mass is 9.75. The summed E-state index contributed by atoms with van der Waals surface area (Å²) in [4.78, 5) is 2.50. The van der Waals surface area contributed by atoms with Crippen LogP contribution in [-0.2, 0) is 0 Å². The van der Waals surface area contributed by atoms with Crippen molar-refractivity contribution in [2.45, 2.75) is 59.5 Å². The van der Waals surface area contributed by atoms with E-state index in [0.717, 1.165) is 5.92 Å². The van der Waals surface area contributed by atoms with Gasteiger partial charge >= 0.3 is 0 Å². The second-order valence-corrected chi connectivity index (χ2v) is 6.80. The summed E-state index contributed by atoms with van der Waals surface area (Å²) in [6.45, 7) is 14.1. The van der Waals surface area contributed by atoms with Gasteiger partial charge in [-0.15, -0.1) is 0 Å². The minimum absolute atomic E-state index is 0.394. The highest BCUT2D eigenvalue weighted by Crippen LogP contribution is 2.33. The van der Waals surface area contributed by atoms with Gasteiger partial charge in [-0.3, -0.25) is 0 Å². The third kappa shape index (κ3) is 4.06. The molecule has 0 spiro atoms. The third-order valence-corrected chi connectivity index (χ3v) is 3.71. The molecule has 0 saturated carbocycles. The molecule has 0 aromatic carbocycles. The Morgan fingerprint density at radius 3 is 2.38 bits per heavy atom. The minimum Gasteiger partial charge on any atom is -0.311 e. The molecule has 0 bridgehead atoms. The lowest BCUT2D eigenvalue weighted by molar-refractivity contribution is 0.140. The van der Waals surface area contributed by atoms with Crippen LogP contribution in [0.25, 0.3) is 0 Å². The van der Waals surface area contributed by atoms with Crippen molar-refractivity contribution < 1.29 is 0 Å². The highest BCUT2D eigenvalue weighted by molar-refractivity contribution is 4.89. The van der Waals surface area contributed by atoms with Crippen LogP contribution in [0.1, 0.15) is 47.5 Å². The van der Waals surface area contributed by atoms with E-state index >= 15 is 0 Å².